The maximum Gasteiger partial charge on any atom is 0.422 e. The molecule has 1 aliphatic heterocycles. The first-order valence-electron chi connectivity index (χ1n) is 9.79. The molecule has 0 aliphatic carbocycles. The van der Waals surface area contributed by atoms with Gasteiger partial charge < -0.3 is 24.8 Å². The van der Waals surface area contributed by atoms with E-state index in [1.807, 2.05) is 6.92 Å². The number of guanidine groups is 1. The highest BCUT2D eigenvalue weighted by Gasteiger charge is 2.29. The van der Waals surface area contributed by atoms with E-state index in [1.165, 1.54) is 6.20 Å². The molecule has 1 atom stereocenters. The van der Waals surface area contributed by atoms with E-state index >= 15 is 0 Å². The molecule has 2 N–H and O–H groups in total. The van der Waals surface area contributed by atoms with Crippen molar-refractivity contribution in [2.45, 2.75) is 32.5 Å². The Morgan fingerprint density at radius 3 is 2.90 bits per heavy atom. The van der Waals surface area contributed by atoms with Crippen molar-refractivity contribution < 1.29 is 27.4 Å². The molecule has 1 aliphatic rings. The molecule has 0 spiro atoms. The average molecular weight is 546 g/mol. The Morgan fingerprint density at radius 2 is 2.20 bits per heavy atom. The first-order chi connectivity index (χ1) is 14.0. The summed E-state index contributed by atoms with van der Waals surface area (Å²) in [5, 5.41) is 6.29. The third kappa shape index (κ3) is 11.2. The van der Waals surface area contributed by atoms with Gasteiger partial charge in [-0.15, -0.1) is 24.0 Å². The molecule has 11 heteroatoms. The van der Waals surface area contributed by atoms with E-state index in [0.29, 0.717) is 37.1 Å². The average Bonchev–Trinajstić information content (AvgIpc) is 3.20. The molecule has 7 nitrogen and oxygen atoms in total. The summed E-state index contributed by atoms with van der Waals surface area (Å²) >= 11 is 0. The van der Waals surface area contributed by atoms with E-state index in [-0.39, 0.29) is 36.4 Å². The van der Waals surface area contributed by atoms with Crippen LogP contribution < -0.4 is 15.4 Å². The number of pyridine rings is 1. The number of aliphatic imine (C=N–C) groups is 1. The number of nitrogens with zero attached hydrogens (tertiary/aromatic N) is 2. The Labute approximate surface area is 192 Å². The first-order valence-corrected chi connectivity index (χ1v) is 9.79. The molecule has 2 heterocycles. The van der Waals surface area contributed by atoms with Gasteiger partial charge in [-0.25, -0.2) is 9.98 Å². The van der Waals surface area contributed by atoms with Crippen molar-refractivity contribution in [3.05, 3.63) is 23.9 Å². The summed E-state index contributed by atoms with van der Waals surface area (Å²) < 4.78 is 52.9. The van der Waals surface area contributed by atoms with Crippen molar-refractivity contribution >= 4 is 29.9 Å². The van der Waals surface area contributed by atoms with E-state index in [0.717, 1.165) is 32.7 Å². The van der Waals surface area contributed by atoms with E-state index in [1.54, 1.807) is 12.1 Å². The lowest BCUT2D eigenvalue weighted by atomic mass is 10.1. The maximum absolute atomic E-state index is 12.4. The van der Waals surface area contributed by atoms with Crippen molar-refractivity contribution in [1.82, 2.24) is 15.6 Å². The van der Waals surface area contributed by atoms with Crippen LogP contribution in [0.5, 0.6) is 5.88 Å². The normalized spacial score (nSPS) is 16.8. The Hall–Kier alpha value is -1.34. The van der Waals surface area contributed by atoms with Crippen molar-refractivity contribution in [1.29, 1.82) is 0 Å². The zero-order valence-electron chi connectivity index (χ0n) is 17.0. The van der Waals surface area contributed by atoms with E-state index < -0.39 is 12.8 Å². The lowest BCUT2D eigenvalue weighted by molar-refractivity contribution is -0.154. The van der Waals surface area contributed by atoms with Gasteiger partial charge in [0.2, 0.25) is 5.88 Å². The summed E-state index contributed by atoms with van der Waals surface area (Å²) in [6.07, 6.45) is -1.16. The molecule has 1 fully saturated rings. The summed E-state index contributed by atoms with van der Waals surface area (Å²) in [6.45, 7) is 4.98. The Bertz CT molecular complexity index is 629. The van der Waals surface area contributed by atoms with Gasteiger partial charge in [-0.3, -0.25) is 0 Å². The molecule has 0 radical (unpaired) electrons. The summed E-state index contributed by atoms with van der Waals surface area (Å²) in [4.78, 5) is 8.28. The minimum absolute atomic E-state index is 0. The molecule has 0 saturated carbocycles. The second-order valence-electron chi connectivity index (χ2n) is 6.65. The molecular formula is C19H30F3IN4O3. The van der Waals surface area contributed by atoms with Gasteiger partial charge >= 0.3 is 6.18 Å². The van der Waals surface area contributed by atoms with E-state index in [4.69, 9.17) is 14.2 Å². The van der Waals surface area contributed by atoms with Crippen LogP contribution in [0.25, 0.3) is 0 Å². The number of ether oxygens (including phenoxy) is 3. The monoisotopic (exact) mass is 546 g/mol. The predicted octanol–water partition coefficient (Wildman–Crippen LogP) is 3.14. The highest BCUT2D eigenvalue weighted by atomic mass is 127. The van der Waals surface area contributed by atoms with Gasteiger partial charge in [0, 0.05) is 44.0 Å². The van der Waals surface area contributed by atoms with Gasteiger partial charge in [0.05, 0.1) is 19.8 Å². The van der Waals surface area contributed by atoms with Crippen LogP contribution in [0, 0.1) is 5.92 Å². The quantitative estimate of drug-likeness (QED) is 0.192. The molecule has 1 unspecified atom stereocenters. The fraction of sp³-hybridized carbons (Fsp3) is 0.684. The van der Waals surface area contributed by atoms with Crippen LogP contribution in [0.15, 0.2) is 23.3 Å². The van der Waals surface area contributed by atoms with E-state index in [9.17, 15) is 13.2 Å². The van der Waals surface area contributed by atoms with Crippen molar-refractivity contribution in [2.24, 2.45) is 10.9 Å². The number of hydrogen-bond acceptors (Lipinski definition) is 5. The van der Waals surface area contributed by atoms with Gasteiger partial charge in [0.1, 0.15) is 0 Å². The highest BCUT2D eigenvalue weighted by Crippen LogP contribution is 2.20. The van der Waals surface area contributed by atoms with E-state index in [2.05, 4.69) is 20.6 Å². The smallest absolute Gasteiger partial charge is 0.422 e. The topological polar surface area (TPSA) is 77.0 Å². The fourth-order valence-corrected chi connectivity index (χ4v) is 2.68. The molecule has 0 amide bonds. The molecule has 0 bridgehead atoms. The molecule has 172 valence electrons. The minimum atomic E-state index is -4.42. The van der Waals surface area contributed by atoms with Crippen LogP contribution in [-0.4, -0.2) is 63.2 Å². The number of rotatable bonds is 11. The Morgan fingerprint density at radius 1 is 1.37 bits per heavy atom. The maximum atomic E-state index is 12.4. The van der Waals surface area contributed by atoms with Gasteiger partial charge in [0.25, 0.3) is 0 Å². The SMILES string of the molecule is CCNC(=NCc1cccnc1OCC(F)(F)F)NCCCOCC1CCOC1.I. The standard InChI is InChI=1S/C19H29F3N4O3.HI/c1-2-23-18(25-8-4-9-27-12-15-6-10-28-13-15)26-11-16-5-3-7-24-17(16)29-14-19(20,21)22;/h3,5,7,15H,2,4,6,8-14H2,1H3,(H2,23,25,26);1H. The number of nitrogens with one attached hydrogen (secondary N) is 2. The van der Waals surface area contributed by atoms with Gasteiger partial charge in [-0.2, -0.15) is 13.2 Å². The van der Waals surface area contributed by atoms with Crippen LogP contribution in [0.1, 0.15) is 25.3 Å². The summed E-state index contributed by atoms with van der Waals surface area (Å²) in [6, 6.07) is 3.28. The number of aromatic nitrogens is 1. The van der Waals surface area contributed by atoms with Crippen LogP contribution in [0.4, 0.5) is 13.2 Å². The van der Waals surface area contributed by atoms with Gasteiger partial charge in [-0.05, 0) is 25.8 Å². The lowest BCUT2D eigenvalue weighted by Crippen LogP contribution is -2.38. The Balaban J connectivity index is 0.00000450. The fourth-order valence-electron chi connectivity index (χ4n) is 2.68. The summed E-state index contributed by atoms with van der Waals surface area (Å²) in [5.74, 6) is 1.01. The zero-order chi connectivity index (χ0) is 21.0. The number of halogens is 4. The van der Waals surface area contributed by atoms with Crippen molar-refractivity contribution in [3.8, 4) is 5.88 Å². The first kappa shape index (κ1) is 26.7. The van der Waals surface area contributed by atoms with Gasteiger partial charge in [-0.1, -0.05) is 6.07 Å². The van der Waals surface area contributed by atoms with Crippen LogP contribution >= 0.6 is 24.0 Å². The third-order valence-electron chi connectivity index (χ3n) is 4.11. The molecule has 1 saturated heterocycles. The summed E-state index contributed by atoms with van der Waals surface area (Å²) in [5.41, 5.74) is 0.482. The molecule has 2 rings (SSSR count). The Kier molecular flexibility index (Phi) is 13.0. The largest absolute Gasteiger partial charge is 0.468 e. The van der Waals surface area contributed by atoms with Crippen LogP contribution in [-0.2, 0) is 16.0 Å². The van der Waals surface area contributed by atoms with Crippen molar-refractivity contribution in [3.63, 3.8) is 0 Å². The molecule has 1 aromatic rings. The number of alkyl halides is 3. The van der Waals surface area contributed by atoms with Crippen LogP contribution in [0.3, 0.4) is 0 Å². The zero-order valence-corrected chi connectivity index (χ0v) is 19.4. The van der Waals surface area contributed by atoms with Gasteiger partial charge in [0.15, 0.2) is 12.6 Å². The number of hydrogen-bond donors (Lipinski definition) is 2. The molecule has 30 heavy (non-hydrogen) atoms. The highest BCUT2D eigenvalue weighted by molar-refractivity contribution is 14.0. The molecule has 0 aromatic carbocycles. The predicted molar refractivity (Wildman–Crippen MR) is 118 cm³/mol. The third-order valence-corrected chi connectivity index (χ3v) is 4.11. The van der Waals surface area contributed by atoms with Crippen LogP contribution in [0.2, 0.25) is 0 Å². The van der Waals surface area contributed by atoms with Crippen molar-refractivity contribution in [2.75, 3.05) is 46.1 Å². The molecular weight excluding hydrogens is 516 g/mol. The second-order valence-corrected chi connectivity index (χ2v) is 6.65. The minimum Gasteiger partial charge on any atom is -0.468 e. The second kappa shape index (κ2) is 14.6. The lowest BCUT2D eigenvalue weighted by Gasteiger charge is -2.13. The summed E-state index contributed by atoms with van der Waals surface area (Å²) in [7, 11) is 0. The molecule has 1 aromatic heterocycles.